The van der Waals surface area contributed by atoms with E-state index in [-0.39, 0.29) is 60.0 Å². The molecule has 1 aromatic heterocycles. The number of carbonyl (C=O) groups excluding carboxylic acids is 1. The van der Waals surface area contributed by atoms with Crippen LogP contribution >= 0.6 is 15.2 Å². The highest BCUT2D eigenvalue weighted by atomic mass is 32.2. The van der Waals surface area contributed by atoms with Crippen LogP contribution in [0, 0.1) is 0 Å². The number of ether oxygens (including phenoxy) is 1. The van der Waals surface area contributed by atoms with Gasteiger partial charge in [-0.2, -0.15) is 21.4 Å². The molecule has 2 aliphatic heterocycles. The molecule has 3 aliphatic rings. The average molecular weight is 1340 g/mol. The number of aromatic nitrogens is 1. The Morgan fingerprint density at radius 2 is 1.42 bits per heavy atom. The summed E-state index contributed by atoms with van der Waals surface area (Å²) in [6.45, 7) is 7.62. The molecule has 9 N–H and O–H groups in total. The molecular formula is C56H70N4O22P2S4. The molecule has 3 aromatic carbocycles. The van der Waals surface area contributed by atoms with Crippen LogP contribution in [0.25, 0.3) is 0 Å². The lowest BCUT2D eigenvalue weighted by molar-refractivity contribution is -0.703. The first-order chi connectivity index (χ1) is 40.6. The van der Waals surface area contributed by atoms with Gasteiger partial charge in [-0.1, -0.05) is 26.3 Å². The van der Waals surface area contributed by atoms with Crippen LogP contribution < -0.4 is 19.5 Å². The van der Waals surface area contributed by atoms with E-state index in [0.717, 1.165) is 0 Å². The highest BCUT2D eigenvalue weighted by Gasteiger charge is 2.59. The van der Waals surface area contributed by atoms with Crippen LogP contribution in [0.5, 0.6) is 5.75 Å². The van der Waals surface area contributed by atoms with Crippen LogP contribution in [0.15, 0.2) is 147 Å². The molecule has 4 aromatic rings. The Kier molecular flexibility index (Phi) is 21.2. The zero-order chi connectivity index (χ0) is 65.2. The van der Waals surface area contributed by atoms with E-state index in [1.807, 2.05) is 61.5 Å². The largest absolute Gasteiger partial charge is 0.748 e. The molecule has 0 saturated heterocycles. The van der Waals surface area contributed by atoms with Crippen molar-refractivity contribution in [2.45, 2.75) is 135 Å². The minimum atomic E-state index is -5.73. The van der Waals surface area contributed by atoms with Gasteiger partial charge in [0.25, 0.3) is 25.3 Å². The number of benzene rings is 3. The molecule has 0 saturated carbocycles. The number of anilines is 1. The molecule has 0 bridgehead atoms. The second-order valence-electron chi connectivity index (χ2n) is 22.7. The predicted molar refractivity (Wildman–Crippen MR) is 318 cm³/mol. The molecule has 1 atom stereocenters. The summed E-state index contributed by atoms with van der Waals surface area (Å²) in [5, 5.41) is 20.1. The van der Waals surface area contributed by atoms with E-state index in [1.165, 1.54) is 83.7 Å². The van der Waals surface area contributed by atoms with Crippen LogP contribution in [0.3, 0.4) is 0 Å². The summed E-state index contributed by atoms with van der Waals surface area (Å²) in [6.07, 6.45) is 11.0. The topological polar surface area (TPSA) is 427 Å². The maximum Gasteiger partial charge on any atom is 0.369 e. The monoisotopic (exact) mass is 1340 g/mol. The van der Waals surface area contributed by atoms with Gasteiger partial charge in [0.15, 0.2) is 24.7 Å². The average Bonchev–Trinajstić information content (AvgIpc) is 1.80. The van der Waals surface area contributed by atoms with E-state index in [9.17, 15) is 95.6 Å². The SMILES string of the molecule is CC1(C)C(/C=C\C2=C(Oc3ccc(S(=O)(=O)O)cc3)C(=C/C=C3\N(CCCCCC(=O)NCC(O)C[n+]4cccc(CC(O)(P(=O)(O)O)P(=O)(O)O)c4)c4ccc(S(=O)(=O)O)cc4C3(C)C)/CCC2)=[N+](CCCCS(=O)(=O)[O-])c2ccc(S(=O)(=O)[O-])cc21. The third-order valence-corrected chi connectivity index (χ3v) is 22.7. The summed E-state index contributed by atoms with van der Waals surface area (Å²) >= 11 is 0. The second kappa shape index (κ2) is 26.7. The van der Waals surface area contributed by atoms with Crippen molar-refractivity contribution in [2.75, 3.05) is 30.3 Å². The lowest BCUT2D eigenvalue weighted by atomic mass is 9.81. The number of rotatable bonds is 27. The predicted octanol–water partition coefficient (Wildman–Crippen LogP) is 5.04. The van der Waals surface area contributed by atoms with Crippen LogP contribution in [0.1, 0.15) is 102 Å². The minimum absolute atomic E-state index is 0.0298. The molecule has 26 nitrogen and oxygen atoms in total. The van der Waals surface area contributed by atoms with E-state index in [0.29, 0.717) is 95.9 Å². The van der Waals surface area contributed by atoms with Crippen molar-refractivity contribution in [3.8, 4) is 5.75 Å². The van der Waals surface area contributed by atoms with E-state index in [1.54, 1.807) is 6.07 Å². The van der Waals surface area contributed by atoms with Crippen molar-refractivity contribution < 1.29 is 109 Å². The molecule has 1 aliphatic carbocycles. The Morgan fingerprint density at radius 3 is 2.05 bits per heavy atom. The first kappa shape index (κ1) is 69.8. The van der Waals surface area contributed by atoms with Gasteiger partial charge >= 0.3 is 15.2 Å². The van der Waals surface area contributed by atoms with Gasteiger partial charge in [0.1, 0.15) is 34.3 Å². The Hall–Kier alpha value is -5.63. The fourth-order valence-electron chi connectivity index (χ4n) is 11.0. The molecule has 0 spiro atoms. The van der Waals surface area contributed by atoms with Gasteiger partial charge in [0.05, 0.1) is 30.2 Å². The Labute approximate surface area is 510 Å². The van der Waals surface area contributed by atoms with Crippen molar-refractivity contribution in [3.63, 3.8) is 0 Å². The molecule has 3 heterocycles. The molecule has 480 valence electrons. The highest BCUT2D eigenvalue weighted by molar-refractivity contribution is 7.86. The van der Waals surface area contributed by atoms with Gasteiger partial charge in [0.2, 0.25) is 11.6 Å². The number of nitrogens with one attached hydrogen (secondary N) is 1. The summed E-state index contributed by atoms with van der Waals surface area (Å²) in [4.78, 5) is 52.1. The zero-order valence-electron chi connectivity index (χ0n) is 48.2. The fourth-order valence-corrected chi connectivity index (χ4v) is 15.1. The van der Waals surface area contributed by atoms with Crippen LogP contribution in [0.2, 0.25) is 0 Å². The molecule has 1 amide bonds. The standard InChI is InChI=1S/C56H70N4O22P2S4/c1-54(2)46-32-44(87(76,77)78)22-24-48(46)59(29-7-5-6-15-52(62)57-35-41(61)37-58-28-11-12-38(36-58)34-56(63,83(64,65)66)84(67,68)69)50(54)26-16-39-13-10-14-40(53(39)82-42-18-20-43(21-19-42)86(73,74)75)17-27-51-55(3,4)47-33-45(88(79,80)81)23-25-49(47)60(51)30-8-9-31-85(70,71)72/h11-12,16-28,32-33,36,41,61,63H,5-10,13-15,29-31,34-35,37H2,1-4H3,(H7-2,57,62,64,65,66,67,68,69,70,71,72,73,74,75,76,77,78,79,80,81). The number of unbranched alkanes of at least 4 members (excludes halogenated alkanes) is 3. The van der Waals surface area contributed by atoms with Crippen molar-refractivity contribution in [2.24, 2.45) is 0 Å². The number of hydrogen-bond acceptors (Lipinski definition) is 17. The zero-order valence-corrected chi connectivity index (χ0v) is 53.3. The number of pyridine rings is 1. The Morgan fingerprint density at radius 1 is 0.784 bits per heavy atom. The van der Waals surface area contributed by atoms with E-state index >= 15 is 0 Å². The van der Waals surface area contributed by atoms with Gasteiger partial charge < -0.3 is 53.8 Å². The summed E-state index contributed by atoms with van der Waals surface area (Å²) in [6, 6.07) is 16.0. The summed E-state index contributed by atoms with van der Waals surface area (Å²) in [7, 11) is -30.1. The quantitative estimate of drug-likeness (QED) is 0.0163. The first-order valence-corrected chi connectivity index (χ1v) is 36.6. The number of nitrogens with zero attached hydrogens (tertiary/aromatic N) is 3. The number of allylic oxidation sites excluding steroid dienone is 7. The van der Waals surface area contributed by atoms with Gasteiger partial charge in [0, 0.05) is 84.2 Å². The number of aliphatic hydroxyl groups is 2. The normalized spacial score (nSPS) is 17.9. The van der Waals surface area contributed by atoms with E-state index in [2.05, 4.69) is 5.32 Å². The van der Waals surface area contributed by atoms with Crippen molar-refractivity contribution >= 4 is 78.7 Å². The van der Waals surface area contributed by atoms with Gasteiger partial charge in [-0.3, -0.25) is 23.0 Å². The first-order valence-electron chi connectivity index (χ1n) is 27.5. The van der Waals surface area contributed by atoms with Crippen molar-refractivity contribution in [1.29, 1.82) is 0 Å². The Bertz CT molecular complexity index is 4070. The number of hydrogen-bond donors (Lipinski definition) is 9. The molecule has 0 fully saturated rings. The molecule has 88 heavy (non-hydrogen) atoms. The molecule has 7 rings (SSSR count). The second-order valence-corrected chi connectivity index (χ2v) is 32.5. The maximum atomic E-state index is 13.0. The molecule has 0 radical (unpaired) electrons. The molecule has 1 unspecified atom stereocenters. The summed E-state index contributed by atoms with van der Waals surface area (Å²) in [5.41, 5.74) is 3.03. The third-order valence-electron chi connectivity index (χ3n) is 15.6. The number of fused-ring (bicyclic) bond motifs is 2. The smallest absolute Gasteiger partial charge is 0.369 e. The van der Waals surface area contributed by atoms with Crippen LogP contribution in [-0.2, 0) is 78.2 Å². The lowest BCUT2D eigenvalue weighted by Crippen LogP contribution is -2.44. The van der Waals surface area contributed by atoms with E-state index in [4.69, 9.17) is 4.74 Å². The number of amides is 1. The van der Waals surface area contributed by atoms with Crippen LogP contribution in [-0.4, -0.2) is 134 Å². The third kappa shape index (κ3) is 16.7. The van der Waals surface area contributed by atoms with Gasteiger partial charge in [-0.25, -0.2) is 21.4 Å². The number of carbonyl (C=O) groups is 1. The minimum Gasteiger partial charge on any atom is -0.748 e. The van der Waals surface area contributed by atoms with E-state index < -0.39 is 101 Å². The van der Waals surface area contributed by atoms with Crippen LogP contribution in [0.4, 0.5) is 11.4 Å². The van der Waals surface area contributed by atoms with Crippen molar-refractivity contribution in [1.82, 2.24) is 5.32 Å². The fraction of sp³-hybridized carbons (Fsp3) is 0.411. The molecule has 32 heteroatoms. The highest BCUT2D eigenvalue weighted by Crippen LogP contribution is 2.68. The van der Waals surface area contributed by atoms with Crippen molar-refractivity contribution in [3.05, 3.63) is 149 Å². The Balaban J connectivity index is 1.15. The lowest BCUT2D eigenvalue weighted by Gasteiger charge is -2.28. The summed E-state index contributed by atoms with van der Waals surface area (Å²) < 4.78 is 174. The maximum absolute atomic E-state index is 13.0. The van der Waals surface area contributed by atoms with Gasteiger partial charge in [-0.05, 0) is 142 Å². The number of aliphatic hydroxyl groups excluding tert-OH is 1. The summed E-state index contributed by atoms with van der Waals surface area (Å²) in [5.74, 6) is -0.439. The van der Waals surface area contributed by atoms with Gasteiger partial charge in [-0.15, -0.1) is 0 Å². The molecular weight excluding hydrogens is 1270 g/mol.